The largest absolute Gasteiger partial charge is 0.347 e. The summed E-state index contributed by atoms with van der Waals surface area (Å²) < 4.78 is 14.1. The molecular weight excluding hydrogens is 377 g/mol. The zero-order chi connectivity index (χ0) is 20.7. The normalized spacial score (nSPS) is 21.3. The van der Waals surface area contributed by atoms with Crippen LogP contribution in [0.25, 0.3) is 11.3 Å². The molecule has 0 unspecified atom stereocenters. The van der Waals surface area contributed by atoms with Gasteiger partial charge in [0.05, 0.1) is 12.2 Å². The number of hydrogen-bond donors (Lipinski definition) is 1. The van der Waals surface area contributed by atoms with Crippen molar-refractivity contribution in [2.24, 2.45) is 0 Å². The zero-order valence-corrected chi connectivity index (χ0v) is 16.1. The molecule has 2 aromatic rings. The first-order chi connectivity index (χ1) is 13.8. The minimum Gasteiger partial charge on any atom is -0.347 e. The molecule has 2 atom stereocenters. The molecule has 1 aromatic carbocycles. The lowest BCUT2D eigenvalue weighted by atomic mass is 10.1. The summed E-state index contributed by atoms with van der Waals surface area (Å²) >= 11 is 0. The van der Waals surface area contributed by atoms with Crippen molar-refractivity contribution in [2.45, 2.75) is 25.4 Å². The molecule has 3 amide bonds. The van der Waals surface area contributed by atoms with E-state index in [9.17, 15) is 18.8 Å². The SMILES string of the molecule is Cc1nccc(-c2cc(F)cc(C(=O)N[C@@H]3C[C@H]4C(=O)N(C)CC(=O)N4C3)c2)n1. The number of piperazine rings is 1. The Morgan fingerprint density at radius 1 is 1.28 bits per heavy atom. The van der Waals surface area contributed by atoms with Crippen molar-refractivity contribution in [3.05, 3.63) is 47.7 Å². The van der Waals surface area contributed by atoms with E-state index < -0.39 is 17.8 Å². The number of carbonyl (C=O) groups excluding carboxylic acids is 3. The van der Waals surface area contributed by atoms with Crippen LogP contribution in [0.5, 0.6) is 0 Å². The average Bonchev–Trinajstić information content (AvgIpc) is 3.10. The van der Waals surface area contributed by atoms with E-state index in [1.807, 2.05) is 0 Å². The Morgan fingerprint density at radius 2 is 2.07 bits per heavy atom. The highest BCUT2D eigenvalue weighted by atomic mass is 19.1. The van der Waals surface area contributed by atoms with E-state index in [4.69, 9.17) is 0 Å². The maximum absolute atomic E-state index is 14.1. The molecule has 1 aromatic heterocycles. The van der Waals surface area contributed by atoms with E-state index in [0.29, 0.717) is 23.5 Å². The number of nitrogens with zero attached hydrogens (tertiary/aromatic N) is 4. The van der Waals surface area contributed by atoms with Gasteiger partial charge in [0, 0.05) is 37.0 Å². The van der Waals surface area contributed by atoms with Crippen LogP contribution in [0, 0.1) is 12.7 Å². The van der Waals surface area contributed by atoms with Crippen LogP contribution in [-0.2, 0) is 9.59 Å². The van der Waals surface area contributed by atoms with Crippen LogP contribution in [0.15, 0.2) is 30.5 Å². The molecule has 150 valence electrons. The summed E-state index contributed by atoms with van der Waals surface area (Å²) in [6.07, 6.45) is 1.91. The summed E-state index contributed by atoms with van der Waals surface area (Å²) in [7, 11) is 1.59. The fraction of sp³-hybridized carbons (Fsp3) is 0.350. The number of fused-ring (bicyclic) bond motifs is 1. The first-order valence-electron chi connectivity index (χ1n) is 9.28. The van der Waals surface area contributed by atoms with Gasteiger partial charge in [-0.15, -0.1) is 0 Å². The molecule has 9 heteroatoms. The quantitative estimate of drug-likeness (QED) is 0.825. The number of nitrogens with one attached hydrogen (secondary N) is 1. The lowest BCUT2D eigenvalue weighted by molar-refractivity contribution is -0.152. The maximum Gasteiger partial charge on any atom is 0.251 e. The van der Waals surface area contributed by atoms with Crippen LogP contribution in [0.1, 0.15) is 22.6 Å². The molecule has 1 N–H and O–H groups in total. The topological polar surface area (TPSA) is 95.5 Å². The Hall–Kier alpha value is -3.36. The molecular formula is C20H20FN5O3. The zero-order valence-electron chi connectivity index (χ0n) is 16.1. The number of aromatic nitrogens is 2. The van der Waals surface area contributed by atoms with Crippen molar-refractivity contribution < 1.29 is 18.8 Å². The first kappa shape index (κ1) is 19.0. The van der Waals surface area contributed by atoms with Crippen LogP contribution in [0.2, 0.25) is 0 Å². The van der Waals surface area contributed by atoms with Gasteiger partial charge in [-0.25, -0.2) is 14.4 Å². The van der Waals surface area contributed by atoms with Crippen molar-refractivity contribution in [1.82, 2.24) is 25.1 Å². The number of hydrogen-bond acceptors (Lipinski definition) is 5. The Balaban J connectivity index is 1.52. The summed E-state index contributed by atoms with van der Waals surface area (Å²) in [4.78, 5) is 48.4. The van der Waals surface area contributed by atoms with E-state index >= 15 is 0 Å². The minimum atomic E-state index is -0.557. The van der Waals surface area contributed by atoms with E-state index in [2.05, 4.69) is 15.3 Å². The second kappa shape index (κ2) is 7.23. The predicted octanol–water partition coefficient (Wildman–Crippen LogP) is 0.762. The molecule has 0 aliphatic carbocycles. The van der Waals surface area contributed by atoms with Gasteiger partial charge in [-0.05, 0) is 37.6 Å². The second-order valence-electron chi connectivity index (χ2n) is 7.38. The lowest BCUT2D eigenvalue weighted by Crippen LogP contribution is -2.55. The van der Waals surface area contributed by atoms with Gasteiger partial charge in [-0.3, -0.25) is 14.4 Å². The van der Waals surface area contributed by atoms with Gasteiger partial charge in [0.15, 0.2) is 0 Å². The van der Waals surface area contributed by atoms with Gasteiger partial charge in [0.25, 0.3) is 5.91 Å². The molecule has 0 radical (unpaired) electrons. The molecule has 2 fully saturated rings. The van der Waals surface area contributed by atoms with Gasteiger partial charge >= 0.3 is 0 Å². The number of amides is 3. The summed E-state index contributed by atoms with van der Waals surface area (Å²) in [6, 6.07) is 4.73. The van der Waals surface area contributed by atoms with E-state index in [1.165, 1.54) is 15.9 Å². The molecule has 8 nitrogen and oxygen atoms in total. The number of likely N-dealkylation sites (N-methyl/N-ethyl adjacent to an activating group) is 1. The third-order valence-corrected chi connectivity index (χ3v) is 5.22. The Morgan fingerprint density at radius 3 is 2.83 bits per heavy atom. The fourth-order valence-corrected chi connectivity index (χ4v) is 3.83. The highest BCUT2D eigenvalue weighted by Gasteiger charge is 2.44. The Bertz CT molecular complexity index is 1010. The van der Waals surface area contributed by atoms with Crippen LogP contribution in [0.4, 0.5) is 4.39 Å². The summed E-state index contributed by atoms with van der Waals surface area (Å²) in [5.74, 6) is -0.747. The highest BCUT2D eigenvalue weighted by molar-refractivity contribution is 5.97. The summed E-state index contributed by atoms with van der Waals surface area (Å²) in [6.45, 7) is 2.04. The van der Waals surface area contributed by atoms with Crippen LogP contribution < -0.4 is 5.32 Å². The van der Waals surface area contributed by atoms with Crippen molar-refractivity contribution >= 4 is 17.7 Å². The van der Waals surface area contributed by atoms with Gasteiger partial charge in [0.2, 0.25) is 11.8 Å². The molecule has 0 saturated carbocycles. The summed E-state index contributed by atoms with van der Waals surface area (Å²) in [5, 5.41) is 2.82. The minimum absolute atomic E-state index is 0.0433. The third kappa shape index (κ3) is 3.67. The van der Waals surface area contributed by atoms with Gasteiger partial charge in [-0.2, -0.15) is 0 Å². The molecule has 0 bridgehead atoms. The second-order valence-corrected chi connectivity index (χ2v) is 7.38. The number of benzene rings is 1. The number of rotatable bonds is 3. The third-order valence-electron chi connectivity index (χ3n) is 5.22. The van der Waals surface area contributed by atoms with E-state index in [-0.39, 0.29) is 36.5 Å². The van der Waals surface area contributed by atoms with Crippen molar-refractivity contribution in [3.8, 4) is 11.3 Å². The van der Waals surface area contributed by atoms with Gasteiger partial charge < -0.3 is 15.1 Å². The van der Waals surface area contributed by atoms with E-state index in [0.717, 1.165) is 6.07 Å². The molecule has 2 saturated heterocycles. The predicted molar refractivity (Wildman–Crippen MR) is 101 cm³/mol. The monoisotopic (exact) mass is 397 g/mol. The highest BCUT2D eigenvalue weighted by Crippen LogP contribution is 2.25. The molecule has 4 rings (SSSR count). The number of aryl methyl sites for hydroxylation is 1. The molecule has 2 aliphatic heterocycles. The van der Waals surface area contributed by atoms with E-state index in [1.54, 1.807) is 32.3 Å². The van der Waals surface area contributed by atoms with Gasteiger partial charge in [-0.1, -0.05) is 0 Å². The number of carbonyl (C=O) groups is 3. The average molecular weight is 397 g/mol. The van der Waals surface area contributed by atoms with Crippen LogP contribution >= 0.6 is 0 Å². The molecule has 2 aliphatic rings. The van der Waals surface area contributed by atoms with Crippen LogP contribution in [0.3, 0.4) is 0 Å². The van der Waals surface area contributed by atoms with Crippen molar-refractivity contribution in [2.75, 3.05) is 20.1 Å². The lowest BCUT2D eigenvalue weighted by Gasteiger charge is -2.33. The fourth-order valence-electron chi connectivity index (χ4n) is 3.83. The Labute approximate surface area is 166 Å². The maximum atomic E-state index is 14.1. The molecule has 3 heterocycles. The smallest absolute Gasteiger partial charge is 0.251 e. The number of halogens is 1. The Kier molecular flexibility index (Phi) is 4.73. The first-order valence-corrected chi connectivity index (χ1v) is 9.28. The van der Waals surface area contributed by atoms with Crippen LogP contribution in [-0.4, -0.2) is 69.7 Å². The summed E-state index contributed by atoms with van der Waals surface area (Å²) in [5.41, 5.74) is 1.13. The molecule has 0 spiro atoms. The van der Waals surface area contributed by atoms with Crippen molar-refractivity contribution in [3.63, 3.8) is 0 Å². The molecule has 29 heavy (non-hydrogen) atoms. The standard InChI is InChI=1S/C20H20FN5O3/c1-11-22-4-3-16(23-11)12-5-13(7-14(21)6-12)19(28)24-15-8-17-20(29)25(2)10-18(27)26(17)9-15/h3-7,15,17H,8-10H2,1-2H3,(H,24,28)/t15-,17+/m1/s1. The van der Waals surface area contributed by atoms with Gasteiger partial charge in [0.1, 0.15) is 17.7 Å². The van der Waals surface area contributed by atoms with Crippen molar-refractivity contribution in [1.29, 1.82) is 0 Å².